The van der Waals surface area contributed by atoms with E-state index in [2.05, 4.69) is 38.8 Å². The zero-order chi connectivity index (χ0) is 18.8. The van der Waals surface area contributed by atoms with E-state index in [1.807, 2.05) is 37.3 Å². The van der Waals surface area contributed by atoms with Crippen molar-refractivity contribution in [3.63, 3.8) is 0 Å². The summed E-state index contributed by atoms with van der Waals surface area (Å²) < 4.78 is 0. The molecule has 0 radical (unpaired) electrons. The van der Waals surface area contributed by atoms with Crippen molar-refractivity contribution in [2.45, 2.75) is 13.8 Å². The maximum Gasteiger partial charge on any atom is 0.198 e. The largest absolute Gasteiger partial charge is 0.494 e. The SMILES string of the molecule is CCN1CCN(c2ccc(N=Cc3c(O)[nH]c4cccc(C)c34)cc2)CC1. The topological polar surface area (TPSA) is 54.9 Å². The minimum atomic E-state index is 0.161. The summed E-state index contributed by atoms with van der Waals surface area (Å²) in [6.45, 7) is 9.76. The van der Waals surface area contributed by atoms with Crippen molar-refractivity contribution in [1.29, 1.82) is 0 Å². The second kappa shape index (κ2) is 7.45. The fourth-order valence-corrected chi connectivity index (χ4v) is 3.78. The lowest BCUT2D eigenvalue weighted by atomic mass is 10.1. The number of piperazine rings is 1. The van der Waals surface area contributed by atoms with E-state index in [-0.39, 0.29) is 5.88 Å². The minimum absolute atomic E-state index is 0.161. The van der Waals surface area contributed by atoms with Crippen LogP contribution in [0.1, 0.15) is 18.1 Å². The van der Waals surface area contributed by atoms with Gasteiger partial charge >= 0.3 is 0 Å². The number of benzene rings is 2. The monoisotopic (exact) mass is 362 g/mol. The number of aromatic nitrogens is 1. The molecule has 5 heteroatoms. The van der Waals surface area contributed by atoms with Gasteiger partial charge in [0.25, 0.3) is 0 Å². The first-order valence-corrected chi connectivity index (χ1v) is 9.57. The molecule has 0 atom stereocenters. The zero-order valence-electron chi connectivity index (χ0n) is 15.9. The van der Waals surface area contributed by atoms with E-state index in [4.69, 9.17) is 0 Å². The van der Waals surface area contributed by atoms with E-state index >= 15 is 0 Å². The van der Waals surface area contributed by atoms with Crippen LogP contribution >= 0.6 is 0 Å². The van der Waals surface area contributed by atoms with E-state index in [0.29, 0.717) is 0 Å². The smallest absolute Gasteiger partial charge is 0.198 e. The Hall–Kier alpha value is -2.79. The number of aromatic hydroxyl groups is 1. The minimum Gasteiger partial charge on any atom is -0.494 e. The molecule has 0 spiro atoms. The van der Waals surface area contributed by atoms with Crippen molar-refractivity contribution in [1.82, 2.24) is 9.88 Å². The molecule has 0 saturated carbocycles. The summed E-state index contributed by atoms with van der Waals surface area (Å²) in [7, 11) is 0. The lowest BCUT2D eigenvalue weighted by Crippen LogP contribution is -2.46. The molecule has 1 fully saturated rings. The number of aromatic amines is 1. The Bertz CT molecular complexity index is 950. The quantitative estimate of drug-likeness (QED) is 0.688. The van der Waals surface area contributed by atoms with Crippen LogP contribution in [0, 0.1) is 6.92 Å². The average Bonchev–Trinajstić information content (AvgIpc) is 3.03. The van der Waals surface area contributed by atoms with E-state index in [9.17, 15) is 5.11 Å². The van der Waals surface area contributed by atoms with Crippen LogP contribution < -0.4 is 4.90 Å². The van der Waals surface area contributed by atoms with Gasteiger partial charge in [-0.05, 0) is 49.4 Å². The van der Waals surface area contributed by atoms with Gasteiger partial charge in [0, 0.05) is 49.0 Å². The van der Waals surface area contributed by atoms with Crippen molar-refractivity contribution < 1.29 is 5.11 Å². The number of H-pyrrole nitrogens is 1. The van der Waals surface area contributed by atoms with Crippen molar-refractivity contribution in [3.8, 4) is 5.88 Å². The van der Waals surface area contributed by atoms with Gasteiger partial charge in [-0.25, -0.2) is 0 Å². The van der Waals surface area contributed by atoms with Gasteiger partial charge in [0.2, 0.25) is 0 Å². The summed E-state index contributed by atoms with van der Waals surface area (Å²) in [5.41, 5.74) is 4.91. The molecular formula is C22H26N4O. The van der Waals surface area contributed by atoms with Crippen LogP contribution in [-0.4, -0.2) is 53.9 Å². The highest BCUT2D eigenvalue weighted by Crippen LogP contribution is 2.29. The molecule has 1 saturated heterocycles. The molecule has 0 aliphatic carbocycles. The molecule has 140 valence electrons. The number of nitrogens with one attached hydrogen (secondary N) is 1. The van der Waals surface area contributed by atoms with E-state index < -0.39 is 0 Å². The Labute approximate surface area is 160 Å². The standard InChI is InChI=1S/C22H26N4O/c1-3-25-11-13-26(14-12-25)18-9-7-17(8-10-18)23-15-19-21-16(2)5-4-6-20(21)24-22(19)27/h4-10,15,24,27H,3,11-14H2,1-2H3. The maximum atomic E-state index is 10.2. The molecule has 4 rings (SSSR count). The van der Waals surface area contributed by atoms with Crippen LogP contribution in [0.4, 0.5) is 11.4 Å². The number of hydrogen-bond donors (Lipinski definition) is 2. The Balaban J connectivity index is 1.52. The van der Waals surface area contributed by atoms with Crippen LogP contribution in [-0.2, 0) is 0 Å². The second-order valence-electron chi connectivity index (χ2n) is 7.08. The van der Waals surface area contributed by atoms with Gasteiger partial charge in [0.1, 0.15) is 0 Å². The van der Waals surface area contributed by atoms with Crippen LogP contribution in [0.3, 0.4) is 0 Å². The lowest BCUT2D eigenvalue weighted by Gasteiger charge is -2.35. The fraction of sp³-hybridized carbons (Fsp3) is 0.318. The number of aryl methyl sites for hydroxylation is 1. The maximum absolute atomic E-state index is 10.2. The first kappa shape index (κ1) is 17.6. The zero-order valence-corrected chi connectivity index (χ0v) is 15.9. The van der Waals surface area contributed by atoms with Crippen LogP contribution in [0.15, 0.2) is 47.5 Å². The summed E-state index contributed by atoms with van der Waals surface area (Å²) in [6.07, 6.45) is 1.75. The Morgan fingerprint density at radius 2 is 1.81 bits per heavy atom. The van der Waals surface area contributed by atoms with Gasteiger partial charge in [0.15, 0.2) is 5.88 Å². The molecule has 2 heterocycles. The first-order valence-electron chi connectivity index (χ1n) is 9.57. The lowest BCUT2D eigenvalue weighted by molar-refractivity contribution is 0.271. The molecular weight excluding hydrogens is 336 g/mol. The van der Waals surface area contributed by atoms with Gasteiger partial charge < -0.3 is 19.9 Å². The van der Waals surface area contributed by atoms with Crippen molar-refractivity contribution in [2.75, 3.05) is 37.6 Å². The molecule has 2 N–H and O–H groups in total. The van der Waals surface area contributed by atoms with Gasteiger partial charge in [-0.2, -0.15) is 0 Å². The van der Waals surface area contributed by atoms with Crippen LogP contribution in [0.5, 0.6) is 5.88 Å². The first-order chi connectivity index (χ1) is 13.2. The van der Waals surface area contributed by atoms with Gasteiger partial charge in [-0.1, -0.05) is 19.1 Å². The fourth-order valence-electron chi connectivity index (χ4n) is 3.78. The summed E-state index contributed by atoms with van der Waals surface area (Å²) in [5, 5.41) is 11.3. The van der Waals surface area contributed by atoms with E-state index in [1.165, 1.54) is 5.69 Å². The van der Waals surface area contributed by atoms with E-state index in [1.54, 1.807) is 6.21 Å². The Morgan fingerprint density at radius 1 is 1.07 bits per heavy atom. The third-order valence-electron chi connectivity index (χ3n) is 5.43. The number of likely N-dealkylation sites (N-methyl/N-ethyl adjacent to an activating group) is 1. The number of fused-ring (bicyclic) bond motifs is 1. The molecule has 1 aliphatic rings. The summed E-state index contributed by atoms with van der Waals surface area (Å²) >= 11 is 0. The third kappa shape index (κ3) is 3.55. The molecule has 3 aromatic rings. The molecule has 0 amide bonds. The summed E-state index contributed by atoms with van der Waals surface area (Å²) in [4.78, 5) is 12.5. The predicted octanol–water partition coefficient (Wildman–Crippen LogP) is 4.07. The molecule has 27 heavy (non-hydrogen) atoms. The van der Waals surface area contributed by atoms with Gasteiger partial charge in [-0.15, -0.1) is 0 Å². The van der Waals surface area contributed by atoms with Gasteiger partial charge in [-0.3, -0.25) is 4.99 Å². The molecule has 0 unspecified atom stereocenters. The number of nitrogens with zero attached hydrogens (tertiary/aromatic N) is 3. The summed E-state index contributed by atoms with van der Waals surface area (Å²) in [5.74, 6) is 0.161. The molecule has 1 aromatic heterocycles. The Kier molecular flexibility index (Phi) is 4.86. The number of anilines is 1. The molecule has 5 nitrogen and oxygen atoms in total. The van der Waals surface area contributed by atoms with Crippen LogP contribution in [0.2, 0.25) is 0 Å². The average molecular weight is 362 g/mol. The highest BCUT2D eigenvalue weighted by atomic mass is 16.3. The number of aliphatic imine (C=N–C) groups is 1. The predicted molar refractivity (Wildman–Crippen MR) is 113 cm³/mol. The Morgan fingerprint density at radius 3 is 2.52 bits per heavy atom. The molecule has 2 aromatic carbocycles. The van der Waals surface area contributed by atoms with Gasteiger partial charge in [0.05, 0.1) is 11.3 Å². The van der Waals surface area contributed by atoms with Crippen molar-refractivity contribution >= 4 is 28.5 Å². The highest BCUT2D eigenvalue weighted by Gasteiger charge is 2.15. The van der Waals surface area contributed by atoms with Crippen LogP contribution in [0.25, 0.3) is 10.9 Å². The number of rotatable bonds is 4. The normalized spacial score (nSPS) is 15.9. The van der Waals surface area contributed by atoms with E-state index in [0.717, 1.165) is 60.4 Å². The number of hydrogen-bond acceptors (Lipinski definition) is 4. The molecule has 0 bridgehead atoms. The molecule has 1 aliphatic heterocycles. The summed E-state index contributed by atoms with van der Waals surface area (Å²) in [6, 6.07) is 14.3. The van der Waals surface area contributed by atoms with Crippen molar-refractivity contribution in [3.05, 3.63) is 53.6 Å². The second-order valence-corrected chi connectivity index (χ2v) is 7.08. The third-order valence-corrected chi connectivity index (χ3v) is 5.43. The highest BCUT2D eigenvalue weighted by molar-refractivity contribution is 6.04. The van der Waals surface area contributed by atoms with Crippen molar-refractivity contribution in [2.24, 2.45) is 4.99 Å².